The van der Waals surface area contributed by atoms with E-state index in [2.05, 4.69) is 28.4 Å². The Labute approximate surface area is 162 Å². The molecule has 28 heavy (non-hydrogen) atoms. The fourth-order valence-corrected chi connectivity index (χ4v) is 3.29. The minimum atomic E-state index is -1.07. The number of anilines is 1. The molecule has 2 amide bonds. The lowest BCUT2D eigenvalue weighted by atomic mass is 10.00. The molecule has 0 bridgehead atoms. The van der Waals surface area contributed by atoms with Crippen LogP contribution in [0.3, 0.4) is 0 Å². The summed E-state index contributed by atoms with van der Waals surface area (Å²) < 4.78 is 26.3. The van der Waals surface area contributed by atoms with Gasteiger partial charge in [0.1, 0.15) is 0 Å². The molecule has 0 unspecified atom stereocenters. The van der Waals surface area contributed by atoms with Crippen LogP contribution in [-0.4, -0.2) is 43.4 Å². The number of nitrogens with one attached hydrogen (secondary N) is 1. The first kappa shape index (κ1) is 19.9. The molecule has 5 nitrogen and oxygen atoms in total. The van der Waals surface area contributed by atoms with Crippen molar-refractivity contribution in [1.82, 2.24) is 10.2 Å². The maximum atomic E-state index is 13.3. The number of likely N-dealkylation sites (N-methyl/N-ethyl adjacent to an activating group) is 1. The first-order valence-electron chi connectivity index (χ1n) is 9.26. The topological polar surface area (TPSA) is 52.7 Å². The van der Waals surface area contributed by atoms with Crippen LogP contribution in [0.25, 0.3) is 0 Å². The van der Waals surface area contributed by atoms with Crippen molar-refractivity contribution in [3.05, 3.63) is 65.2 Å². The molecule has 0 spiro atoms. The van der Waals surface area contributed by atoms with Gasteiger partial charge in [-0.15, -0.1) is 0 Å². The number of hydrogen-bond donors (Lipinski definition) is 1. The van der Waals surface area contributed by atoms with E-state index in [0.717, 1.165) is 49.5 Å². The third-order valence-electron chi connectivity index (χ3n) is 4.94. The summed E-state index contributed by atoms with van der Waals surface area (Å²) in [5.41, 5.74) is 2.84. The lowest BCUT2D eigenvalue weighted by Crippen LogP contribution is -2.42. The molecule has 0 radical (unpaired) electrons. The molecule has 0 atom stereocenters. The van der Waals surface area contributed by atoms with Crippen LogP contribution >= 0.6 is 0 Å². The normalized spacial score (nSPS) is 13.7. The van der Waals surface area contributed by atoms with Crippen LogP contribution in [0.2, 0.25) is 0 Å². The fraction of sp³-hybridized carbons (Fsp3) is 0.333. The Hall–Kier alpha value is -2.80. The van der Waals surface area contributed by atoms with Crippen LogP contribution in [-0.2, 0) is 22.6 Å². The van der Waals surface area contributed by atoms with E-state index < -0.39 is 23.4 Å². The van der Waals surface area contributed by atoms with Crippen molar-refractivity contribution in [1.29, 1.82) is 0 Å². The van der Waals surface area contributed by atoms with Crippen molar-refractivity contribution in [2.45, 2.75) is 19.4 Å². The summed E-state index contributed by atoms with van der Waals surface area (Å²) in [5.74, 6) is -3.66. The zero-order valence-electron chi connectivity index (χ0n) is 15.8. The van der Waals surface area contributed by atoms with Crippen molar-refractivity contribution < 1.29 is 18.4 Å². The number of carbonyl (C=O) groups excluding carboxylic acids is 2. The SMILES string of the molecule is CN(C(=O)C(=O)NCCCN1CCc2ccccc2C1)c1ccc(F)c(F)c1. The van der Waals surface area contributed by atoms with Gasteiger partial charge in [-0.3, -0.25) is 14.5 Å². The summed E-state index contributed by atoms with van der Waals surface area (Å²) in [6, 6.07) is 11.4. The second-order valence-electron chi connectivity index (χ2n) is 6.87. The summed E-state index contributed by atoms with van der Waals surface area (Å²) in [4.78, 5) is 27.5. The largest absolute Gasteiger partial charge is 0.348 e. The Balaban J connectivity index is 1.43. The number of carbonyl (C=O) groups is 2. The zero-order valence-corrected chi connectivity index (χ0v) is 15.8. The van der Waals surface area contributed by atoms with Gasteiger partial charge < -0.3 is 10.2 Å². The Bertz CT molecular complexity index is 872. The number of hydrogen-bond acceptors (Lipinski definition) is 3. The van der Waals surface area contributed by atoms with Gasteiger partial charge in [0.05, 0.1) is 0 Å². The van der Waals surface area contributed by atoms with Gasteiger partial charge in [0.15, 0.2) is 11.6 Å². The van der Waals surface area contributed by atoms with E-state index in [4.69, 9.17) is 0 Å². The Morgan fingerprint density at radius 3 is 2.61 bits per heavy atom. The van der Waals surface area contributed by atoms with Gasteiger partial charge >= 0.3 is 11.8 Å². The average Bonchev–Trinajstić information content (AvgIpc) is 2.71. The number of rotatable bonds is 5. The molecule has 0 saturated heterocycles. The highest BCUT2D eigenvalue weighted by atomic mass is 19.2. The highest BCUT2D eigenvalue weighted by Gasteiger charge is 2.21. The predicted molar refractivity (Wildman–Crippen MR) is 103 cm³/mol. The molecule has 2 aromatic carbocycles. The molecule has 0 fully saturated rings. The van der Waals surface area contributed by atoms with Crippen molar-refractivity contribution in [3.63, 3.8) is 0 Å². The van der Waals surface area contributed by atoms with E-state index in [9.17, 15) is 18.4 Å². The van der Waals surface area contributed by atoms with E-state index in [1.54, 1.807) is 0 Å². The minimum absolute atomic E-state index is 0.117. The Kier molecular flexibility index (Phi) is 6.36. The van der Waals surface area contributed by atoms with Gasteiger partial charge in [-0.25, -0.2) is 8.78 Å². The molecule has 7 heteroatoms. The molecule has 148 valence electrons. The third-order valence-corrected chi connectivity index (χ3v) is 4.94. The molecule has 2 aromatic rings. The molecular weight excluding hydrogens is 364 g/mol. The van der Waals surface area contributed by atoms with E-state index >= 15 is 0 Å². The number of nitrogens with zero attached hydrogens (tertiary/aromatic N) is 2. The molecule has 1 aliphatic heterocycles. The van der Waals surface area contributed by atoms with Crippen LogP contribution < -0.4 is 10.2 Å². The minimum Gasteiger partial charge on any atom is -0.348 e. The summed E-state index contributed by atoms with van der Waals surface area (Å²) in [6.45, 7) is 3.06. The highest BCUT2D eigenvalue weighted by molar-refractivity contribution is 6.40. The van der Waals surface area contributed by atoms with Gasteiger partial charge in [-0.05, 0) is 36.1 Å². The summed E-state index contributed by atoms with van der Waals surface area (Å²) >= 11 is 0. The second-order valence-corrected chi connectivity index (χ2v) is 6.87. The van der Waals surface area contributed by atoms with Crippen molar-refractivity contribution in [2.75, 3.05) is 31.6 Å². The molecule has 1 heterocycles. The molecular formula is C21H23F2N3O2. The van der Waals surface area contributed by atoms with Crippen molar-refractivity contribution in [2.24, 2.45) is 0 Å². The maximum absolute atomic E-state index is 13.3. The second kappa shape index (κ2) is 8.93. The highest BCUT2D eigenvalue weighted by Crippen LogP contribution is 2.18. The smallest absolute Gasteiger partial charge is 0.316 e. The van der Waals surface area contributed by atoms with E-state index in [1.165, 1.54) is 24.2 Å². The first-order valence-corrected chi connectivity index (χ1v) is 9.26. The molecule has 1 N–H and O–H groups in total. The number of halogens is 2. The molecule has 1 aliphatic rings. The molecule has 0 aliphatic carbocycles. The lowest BCUT2D eigenvalue weighted by molar-refractivity contribution is -0.137. The van der Waals surface area contributed by atoms with Crippen molar-refractivity contribution >= 4 is 17.5 Å². The van der Waals surface area contributed by atoms with Crippen LogP contribution in [0.1, 0.15) is 17.5 Å². The van der Waals surface area contributed by atoms with Crippen LogP contribution in [0.15, 0.2) is 42.5 Å². The molecule has 0 saturated carbocycles. The maximum Gasteiger partial charge on any atom is 0.316 e. The summed E-state index contributed by atoms with van der Waals surface area (Å²) in [7, 11) is 1.35. The van der Waals surface area contributed by atoms with Gasteiger partial charge in [0, 0.05) is 45.0 Å². The van der Waals surface area contributed by atoms with E-state index in [0.29, 0.717) is 6.54 Å². The van der Waals surface area contributed by atoms with Crippen LogP contribution in [0.5, 0.6) is 0 Å². The van der Waals surface area contributed by atoms with Gasteiger partial charge in [-0.1, -0.05) is 24.3 Å². The quantitative estimate of drug-likeness (QED) is 0.634. The number of fused-ring (bicyclic) bond motifs is 1. The Morgan fingerprint density at radius 2 is 1.86 bits per heavy atom. The molecule has 3 rings (SSSR count). The number of benzene rings is 2. The third kappa shape index (κ3) is 4.72. The lowest BCUT2D eigenvalue weighted by Gasteiger charge is -2.28. The van der Waals surface area contributed by atoms with Crippen LogP contribution in [0, 0.1) is 11.6 Å². The number of amides is 2. The van der Waals surface area contributed by atoms with Gasteiger partial charge in [0.2, 0.25) is 0 Å². The Morgan fingerprint density at radius 1 is 1.11 bits per heavy atom. The standard InChI is InChI=1S/C21H23F2N3O2/c1-25(17-7-8-18(22)19(23)13-17)21(28)20(27)24-10-4-11-26-12-9-15-5-2-3-6-16(15)14-26/h2-3,5-8,13H,4,9-12,14H2,1H3,(H,24,27). The van der Waals surface area contributed by atoms with E-state index in [1.807, 2.05) is 6.07 Å². The van der Waals surface area contributed by atoms with Crippen molar-refractivity contribution in [3.8, 4) is 0 Å². The average molecular weight is 387 g/mol. The summed E-state index contributed by atoms with van der Waals surface area (Å²) in [5, 5.41) is 2.59. The van der Waals surface area contributed by atoms with Gasteiger partial charge in [0.25, 0.3) is 0 Å². The van der Waals surface area contributed by atoms with Gasteiger partial charge in [-0.2, -0.15) is 0 Å². The first-order chi connectivity index (χ1) is 13.5. The molecule has 0 aromatic heterocycles. The fourth-order valence-electron chi connectivity index (χ4n) is 3.29. The monoisotopic (exact) mass is 387 g/mol. The summed E-state index contributed by atoms with van der Waals surface area (Å²) in [6.07, 6.45) is 1.73. The predicted octanol–water partition coefficient (Wildman–Crippen LogP) is 2.49. The van der Waals surface area contributed by atoms with E-state index in [-0.39, 0.29) is 5.69 Å². The zero-order chi connectivity index (χ0) is 20.1. The van der Waals surface area contributed by atoms with Crippen LogP contribution in [0.4, 0.5) is 14.5 Å².